The van der Waals surface area contributed by atoms with E-state index in [0.29, 0.717) is 0 Å². The number of methoxy groups -OCH3 is 1. The lowest BCUT2D eigenvalue weighted by Gasteiger charge is -2.10. The molecular weight excluding hydrogens is 298 g/mol. The van der Waals surface area contributed by atoms with E-state index in [9.17, 15) is 0 Å². The van der Waals surface area contributed by atoms with Crippen LogP contribution in [0, 0.1) is 0 Å². The summed E-state index contributed by atoms with van der Waals surface area (Å²) in [6.07, 6.45) is 3.63. The van der Waals surface area contributed by atoms with Crippen molar-refractivity contribution in [2.45, 2.75) is 6.54 Å². The Labute approximate surface area is 140 Å². The standard InChI is InChI=1S/C20H17N3O/c1-24-17-8-4-6-15(12-17)14-23-19-10-3-2-9-18(19)22-20(23)16-7-5-11-21-13-16/h2-13H,14H2,1H3. The third kappa shape index (κ3) is 2.63. The van der Waals surface area contributed by atoms with Crippen molar-refractivity contribution in [3.63, 3.8) is 0 Å². The Morgan fingerprint density at radius 2 is 1.92 bits per heavy atom. The number of hydrogen-bond donors (Lipinski definition) is 0. The molecule has 0 bridgehead atoms. The molecule has 0 atom stereocenters. The Morgan fingerprint density at radius 1 is 1.00 bits per heavy atom. The van der Waals surface area contributed by atoms with Crippen molar-refractivity contribution in [2.24, 2.45) is 0 Å². The predicted octanol–water partition coefficient (Wildman–Crippen LogP) is 4.16. The van der Waals surface area contributed by atoms with Gasteiger partial charge in [-0.25, -0.2) is 4.98 Å². The molecule has 0 saturated heterocycles. The van der Waals surface area contributed by atoms with E-state index < -0.39 is 0 Å². The Bertz CT molecular complexity index is 977. The fourth-order valence-electron chi connectivity index (χ4n) is 2.90. The van der Waals surface area contributed by atoms with Gasteiger partial charge >= 0.3 is 0 Å². The van der Waals surface area contributed by atoms with Gasteiger partial charge in [0.05, 0.1) is 18.1 Å². The summed E-state index contributed by atoms with van der Waals surface area (Å²) in [5.74, 6) is 1.78. The maximum atomic E-state index is 5.34. The largest absolute Gasteiger partial charge is 0.497 e. The van der Waals surface area contributed by atoms with Crippen LogP contribution in [-0.4, -0.2) is 21.6 Å². The molecule has 4 rings (SSSR count). The van der Waals surface area contributed by atoms with Gasteiger partial charge in [-0.15, -0.1) is 0 Å². The number of nitrogens with zero attached hydrogens (tertiary/aromatic N) is 3. The molecule has 0 aliphatic rings. The molecule has 4 nitrogen and oxygen atoms in total. The smallest absolute Gasteiger partial charge is 0.143 e. The number of benzene rings is 2. The highest BCUT2D eigenvalue weighted by Gasteiger charge is 2.13. The van der Waals surface area contributed by atoms with Gasteiger partial charge in [0.1, 0.15) is 11.6 Å². The van der Waals surface area contributed by atoms with Crippen LogP contribution in [0.25, 0.3) is 22.4 Å². The van der Waals surface area contributed by atoms with Gasteiger partial charge in [-0.3, -0.25) is 4.98 Å². The van der Waals surface area contributed by atoms with Crippen LogP contribution in [-0.2, 0) is 6.54 Å². The Hall–Kier alpha value is -3.14. The first-order chi connectivity index (χ1) is 11.8. The highest BCUT2D eigenvalue weighted by molar-refractivity contribution is 5.80. The van der Waals surface area contributed by atoms with Crippen LogP contribution in [0.5, 0.6) is 5.75 Å². The monoisotopic (exact) mass is 315 g/mol. The van der Waals surface area contributed by atoms with E-state index in [2.05, 4.69) is 27.8 Å². The molecule has 0 radical (unpaired) electrons. The molecule has 0 fully saturated rings. The zero-order chi connectivity index (χ0) is 16.4. The summed E-state index contributed by atoms with van der Waals surface area (Å²) in [6.45, 7) is 0.724. The summed E-state index contributed by atoms with van der Waals surface area (Å²) in [5.41, 5.74) is 4.28. The molecule has 0 unspecified atom stereocenters. The third-order valence-corrected chi connectivity index (χ3v) is 4.05. The summed E-state index contributed by atoms with van der Waals surface area (Å²) in [6, 6.07) is 20.3. The number of ether oxygens (including phenoxy) is 1. The van der Waals surface area contributed by atoms with E-state index >= 15 is 0 Å². The van der Waals surface area contributed by atoms with Crippen molar-refractivity contribution in [3.8, 4) is 17.1 Å². The predicted molar refractivity (Wildman–Crippen MR) is 95.1 cm³/mol. The first-order valence-electron chi connectivity index (χ1n) is 7.84. The Kier molecular flexibility index (Phi) is 3.71. The average molecular weight is 315 g/mol. The molecular formula is C20H17N3O. The molecule has 2 aromatic carbocycles. The molecule has 0 spiro atoms. The van der Waals surface area contributed by atoms with Crippen molar-refractivity contribution in [1.82, 2.24) is 14.5 Å². The van der Waals surface area contributed by atoms with Crippen LogP contribution in [0.4, 0.5) is 0 Å². The third-order valence-electron chi connectivity index (χ3n) is 4.05. The van der Waals surface area contributed by atoms with Gasteiger partial charge in [-0.2, -0.15) is 0 Å². The Balaban J connectivity index is 1.86. The number of imidazole rings is 1. The van der Waals surface area contributed by atoms with Gasteiger partial charge in [0.15, 0.2) is 0 Å². The van der Waals surface area contributed by atoms with Gasteiger partial charge in [-0.1, -0.05) is 24.3 Å². The minimum atomic E-state index is 0.724. The van der Waals surface area contributed by atoms with Crippen LogP contribution in [0.15, 0.2) is 73.1 Å². The molecule has 0 aliphatic carbocycles. The minimum absolute atomic E-state index is 0.724. The van der Waals surface area contributed by atoms with Crippen molar-refractivity contribution in [1.29, 1.82) is 0 Å². The fourth-order valence-corrected chi connectivity index (χ4v) is 2.90. The van der Waals surface area contributed by atoms with Gasteiger partial charge in [0, 0.05) is 24.5 Å². The van der Waals surface area contributed by atoms with E-state index in [1.165, 1.54) is 5.56 Å². The molecule has 0 saturated carbocycles. The SMILES string of the molecule is COc1cccc(Cn2c(-c3cccnc3)nc3ccccc32)c1. The van der Waals surface area contributed by atoms with E-state index in [4.69, 9.17) is 9.72 Å². The van der Waals surface area contributed by atoms with Crippen LogP contribution >= 0.6 is 0 Å². The summed E-state index contributed by atoms with van der Waals surface area (Å²) < 4.78 is 7.56. The molecule has 0 amide bonds. The summed E-state index contributed by atoms with van der Waals surface area (Å²) in [7, 11) is 1.69. The summed E-state index contributed by atoms with van der Waals surface area (Å²) in [4.78, 5) is 9.05. The minimum Gasteiger partial charge on any atom is -0.497 e. The van der Waals surface area contributed by atoms with Crippen LogP contribution in [0.2, 0.25) is 0 Å². The van der Waals surface area contributed by atoms with E-state index in [-0.39, 0.29) is 0 Å². The highest BCUT2D eigenvalue weighted by Crippen LogP contribution is 2.26. The van der Waals surface area contributed by atoms with Gasteiger partial charge < -0.3 is 9.30 Å². The van der Waals surface area contributed by atoms with Crippen LogP contribution in [0.3, 0.4) is 0 Å². The molecule has 0 N–H and O–H groups in total. The maximum absolute atomic E-state index is 5.34. The first-order valence-corrected chi connectivity index (χ1v) is 7.84. The van der Waals surface area contributed by atoms with E-state index in [1.54, 1.807) is 13.3 Å². The zero-order valence-corrected chi connectivity index (χ0v) is 13.4. The topological polar surface area (TPSA) is 39.9 Å². The Morgan fingerprint density at radius 3 is 2.75 bits per heavy atom. The first kappa shape index (κ1) is 14.5. The number of para-hydroxylation sites is 2. The molecule has 2 aromatic heterocycles. The number of pyridine rings is 1. The van der Waals surface area contributed by atoms with Gasteiger partial charge in [0.25, 0.3) is 0 Å². The summed E-state index contributed by atoms with van der Waals surface area (Å²) in [5, 5.41) is 0. The molecule has 2 heterocycles. The second kappa shape index (κ2) is 6.16. The van der Waals surface area contributed by atoms with Crippen molar-refractivity contribution >= 4 is 11.0 Å². The van der Waals surface area contributed by atoms with Crippen molar-refractivity contribution < 1.29 is 4.74 Å². The van der Waals surface area contributed by atoms with Gasteiger partial charge in [0.2, 0.25) is 0 Å². The van der Waals surface area contributed by atoms with Crippen LogP contribution in [0.1, 0.15) is 5.56 Å². The molecule has 24 heavy (non-hydrogen) atoms. The lowest BCUT2D eigenvalue weighted by atomic mass is 10.2. The molecule has 4 heteroatoms. The fraction of sp³-hybridized carbons (Fsp3) is 0.100. The molecule has 118 valence electrons. The maximum Gasteiger partial charge on any atom is 0.143 e. The number of hydrogen-bond acceptors (Lipinski definition) is 3. The van der Waals surface area contributed by atoms with Crippen molar-refractivity contribution in [2.75, 3.05) is 7.11 Å². The number of aromatic nitrogens is 3. The highest BCUT2D eigenvalue weighted by atomic mass is 16.5. The second-order valence-corrected chi connectivity index (χ2v) is 5.60. The van der Waals surface area contributed by atoms with E-state index in [1.807, 2.05) is 48.7 Å². The van der Waals surface area contributed by atoms with Crippen LogP contribution < -0.4 is 4.74 Å². The van der Waals surface area contributed by atoms with Crippen molar-refractivity contribution in [3.05, 3.63) is 78.6 Å². The summed E-state index contributed by atoms with van der Waals surface area (Å²) >= 11 is 0. The lowest BCUT2D eigenvalue weighted by Crippen LogP contribution is -2.02. The molecule has 4 aromatic rings. The normalized spacial score (nSPS) is 10.9. The number of fused-ring (bicyclic) bond motifs is 1. The lowest BCUT2D eigenvalue weighted by molar-refractivity contribution is 0.414. The van der Waals surface area contributed by atoms with E-state index in [0.717, 1.165) is 34.7 Å². The zero-order valence-electron chi connectivity index (χ0n) is 13.4. The average Bonchev–Trinajstić information content (AvgIpc) is 3.01. The second-order valence-electron chi connectivity index (χ2n) is 5.60. The molecule has 0 aliphatic heterocycles. The van der Waals surface area contributed by atoms with Gasteiger partial charge in [-0.05, 0) is 42.0 Å². The quantitative estimate of drug-likeness (QED) is 0.568. The number of rotatable bonds is 4.